The van der Waals surface area contributed by atoms with E-state index in [1.54, 1.807) is 6.20 Å². The lowest BCUT2D eigenvalue weighted by Gasteiger charge is -2.45. The fourth-order valence-corrected chi connectivity index (χ4v) is 5.44. The number of benzene rings is 2. The van der Waals surface area contributed by atoms with E-state index in [0.717, 1.165) is 35.7 Å². The number of pyridine rings is 1. The predicted molar refractivity (Wildman–Crippen MR) is 121 cm³/mol. The second-order valence-electron chi connectivity index (χ2n) is 8.96. The maximum absolute atomic E-state index is 13.1. The number of nitrogens with one attached hydrogen (secondary N) is 1. The fraction of sp³-hybridized carbons (Fsp3) is 0.360. The molecule has 154 valence electrons. The van der Waals surface area contributed by atoms with Crippen LogP contribution < -0.4 is 10.2 Å². The molecule has 2 aliphatic rings. The molecule has 2 fully saturated rings. The molecule has 1 spiro atoms. The Morgan fingerprint density at radius 2 is 1.93 bits per heavy atom. The largest absolute Gasteiger partial charge is 0.330 e. The molecule has 3 aromatic rings. The van der Waals surface area contributed by atoms with Gasteiger partial charge in [-0.3, -0.25) is 9.88 Å². The van der Waals surface area contributed by atoms with E-state index in [0.29, 0.717) is 18.5 Å². The maximum Gasteiger partial charge on any atom is 0.322 e. The van der Waals surface area contributed by atoms with E-state index >= 15 is 0 Å². The van der Waals surface area contributed by atoms with E-state index < -0.39 is 0 Å². The normalized spacial score (nSPS) is 26.5. The first kappa shape index (κ1) is 19.1. The predicted octanol–water partition coefficient (Wildman–Crippen LogP) is 4.40. The number of amides is 2. The molecule has 1 aliphatic carbocycles. The van der Waals surface area contributed by atoms with Crippen LogP contribution in [0.2, 0.25) is 0 Å². The van der Waals surface area contributed by atoms with E-state index in [-0.39, 0.29) is 11.6 Å². The third-order valence-electron chi connectivity index (χ3n) is 6.91. The quantitative estimate of drug-likeness (QED) is 0.709. The number of anilines is 1. The summed E-state index contributed by atoms with van der Waals surface area (Å²) in [6.45, 7) is 0.705. The molecule has 1 unspecified atom stereocenters. The topological polar surface area (TPSA) is 48.5 Å². The van der Waals surface area contributed by atoms with Gasteiger partial charge in [-0.1, -0.05) is 42.5 Å². The van der Waals surface area contributed by atoms with Crippen molar-refractivity contribution in [3.63, 3.8) is 0 Å². The van der Waals surface area contributed by atoms with Crippen molar-refractivity contribution in [1.82, 2.24) is 15.2 Å². The number of urea groups is 1. The van der Waals surface area contributed by atoms with Crippen LogP contribution in [0.5, 0.6) is 0 Å². The van der Waals surface area contributed by atoms with Gasteiger partial charge in [-0.15, -0.1) is 0 Å². The molecular weight excluding hydrogens is 372 g/mol. The molecular formula is C25H28N4O. The van der Waals surface area contributed by atoms with E-state index in [1.165, 1.54) is 5.56 Å². The molecule has 5 rings (SSSR count). The van der Waals surface area contributed by atoms with Crippen LogP contribution in [-0.4, -0.2) is 48.1 Å². The summed E-state index contributed by atoms with van der Waals surface area (Å²) in [5.74, 6) is 0.395. The summed E-state index contributed by atoms with van der Waals surface area (Å²) in [6.07, 6.45) is 6.67. The van der Waals surface area contributed by atoms with Crippen molar-refractivity contribution in [2.24, 2.45) is 0 Å². The van der Waals surface area contributed by atoms with Crippen LogP contribution in [0.15, 0.2) is 67.0 Å². The first-order chi connectivity index (χ1) is 14.6. The number of aromatic nitrogens is 1. The Bertz CT molecular complexity index is 1060. The molecule has 30 heavy (non-hydrogen) atoms. The standard InChI is InChI=1S/C25H28N4O/c1-28(2)22-11-13-25(15-21(22)18-7-4-3-5-8-18)17-29(24(30)27-25)23-10-6-9-19-16-26-14-12-20(19)23/h3-10,12,14,16,21-22H,11,13,15,17H2,1-2H3,(H,27,30)/t21-,22-,25?/m0/s1. The van der Waals surface area contributed by atoms with Gasteiger partial charge in [-0.2, -0.15) is 0 Å². The fourth-order valence-electron chi connectivity index (χ4n) is 5.44. The molecule has 0 bridgehead atoms. The minimum atomic E-state index is -0.195. The highest BCUT2D eigenvalue weighted by atomic mass is 16.2. The maximum atomic E-state index is 13.1. The van der Waals surface area contributed by atoms with Crippen molar-refractivity contribution in [3.8, 4) is 0 Å². The number of nitrogens with zero attached hydrogens (tertiary/aromatic N) is 3. The van der Waals surface area contributed by atoms with Crippen molar-refractivity contribution in [2.75, 3.05) is 25.5 Å². The van der Waals surface area contributed by atoms with Crippen molar-refractivity contribution in [1.29, 1.82) is 0 Å². The Balaban J connectivity index is 1.48. The zero-order valence-corrected chi connectivity index (χ0v) is 17.6. The van der Waals surface area contributed by atoms with Crippen molar-refractivity contribution < 1.29 is 4.79 Å². The second-order valence-corrected chi connectivity index (χ2v) is 8.96. The Morgan fingerprint density at radius 3 is 2.73 bits per heavy atom. The molecule has 1 aliphatic heterocycles. The molecule has 5 nitrogen and oxygen atoms in total. The van der Waals surface area contributed by atoms with Crippen LogP contribution in [0.4, 0.5) is 10.5 Å². The molecule has 3 atom stereocenters. The average Bonchev–Trinajstić information content (AvgIpc) is 3.08. The number of hydrogen-bond acceptors (Lipinski definition) is 3. The van der Waals surface area contributed by atoms with E-state index in [9.17, 15) is 4.79 Å². The summed E-state index contributed by atoms with van der Waals surface area (Å²) in [7, 11) is 4.34. The first-order valence-electron chi connectivity index (χ1n) is 10.7. The Hall–Kier alpha value is -2.92. The van der Waals surface area contributed by atoms with Crippen molar-refractivity contribution in [3.05, 3.63) is 72.6 Å². The molecule has 1 N–H and O–H groups in total. The molecule has 1 saturated heterocycles. The summed E-state index contributed by atoms with van der Waals surface area (Å²) < 4.78 is 0. The van der Waals surface area contributed by atoms with Gasteiger partial charge in [0.1, 0.15) is 0 Å². The monoisotopic (exact) mass is 400 g/mol. The van der Waals surface area contributed by atoms with Crippen molar-refractivity contribution >= 4 is 22.5 Å². The van der Waals surface area contributed by atoms with Gasteiger partial charge in [0.15, 0.2) is 0 Å². The highest BCUT2D eigenvalue weighted by Gasteiger charge is 2.49. The minimum Gasteiger partial charge on any atom is -0.330 e. The lowest BCUT2D eigenvalue weighted by atomic mass is 9.70. The molecule has 2 heterocycles. The number of likely N-dealkylation sites (N-methyl/N-ethyl adjacent to an activating group) is 1. The zero-order valence-electron chi connectivity index (χ0n) is 17.6. The van der Waals surface area contributed by atoms with Crippen LogP contribution in [0.25, 0.3) is 10.8 Å². The summed E-state index contributed by atoms with van der Waals surface area (Å²) in [5, 5.41) is 5.52. The van der Waals surface area contributed by atoms with Gasteiger partial charge in [-0.05, 0) is 51.1 Å². The Kier molecular flexibility index (Phi) is 4.70. The van der Waals surface area contributed by atoms with Gasteiger partial charge in [-0.25, -0.2) is 4.79 Å². The minimum absolute atomic E-state index is 0.00873. The summed E-state index contributed by atoms with van der Waals surface area (Å²) in [4.78, 5) is 21.6. The second kappa shape index (κ2) is 7.40. The molecule has 2 aromatic carbocycles. The number of hydrogen-bond donors (Lipinski definition) is 1. The summed E-state index contributed by atoms with van der Waals surface area (Å²) in [5.41, 5.74) is 2.13. The highest BCUT2D eigenvalue weighted by Crippen LogP contribution is 2.44. The highest BCUT2D eigenvalue weighted by molar-refractivity contribution is 6.04. The van der Waals surface area contributed by atoms with Gasteiger partial charge in [0.25, 0.3) is 0 Å². The van der Waals surface area contributed by atoms with Crippen LogP contribution in [0.3, 0.4) is 0 Å². The smallest absolute Gasteiger partial charge is 0.322 e. The van der Waals surface area contributed by atoms with Crippen LogP contribution in [-0.2, 0) is 0 Å². The third kappa shape index (κ3) is 3.23. The van der Waals surface area contributed by atoms with Crippen molar-refractivity contribution in [2.45, 2.75) is 36.8 Å². The molecule has 0 radical (unpaired) electrons. The van der Waals surface area contributed by atoms with Crippen LogP contribution >= 0.6 is 0 Å². The Morgan fingerprint density at radius 1 is 1.10 bits per heavy atom. The third-order valence-corrected chi connectivity index (χ3v) is 6.91. The molecule has 2 amide bonds. The number of fused-ring (bicyclic) bond motifs is 1. The lowest BCUT2D eigenvalue weighted by molar-refractivity contribution is 0.142. The molecule has 1 saturated carbocycles. The number of rotatable bonds is 3. The number of carbonyl (C=O) groups excluding carboxylic acids is 1. The molecule has 1 aromatic heterocycles. The Labute approximate surface area is 177 Å². The van der Waals surface area contributed by atoms with E-state index in [1.807, 2.05) is 35.4 Å². The van der Waals surface area contributed by atoms with Gasteiger partial charge in [0.2, 0.25) is 0 Å². The first-order valence-corrected chi connectivity index (χ1v) is 10.7. The average molecular weight is 401 g/mol. The van der Waals surface area contributed by atoms with Gasteiger partial charge < -0.3 is 10.2 Å². The van der Waals surface area contributed by atoms with Gasteiger partial charge in [0.05, 0.1) is 17.8 Å². The zero-order chi connectivity index (χ0) is 20.7. The van der Waals surface area contributed by atoms with Gasteiger partial charge >= 0.3 is 6.03 Å². The molecule has 5 heteroatoms. The van der Waals surface area contributed by atoms with Crippen LogP contribution in [0.1, 0.15) is 30.7 Å². The summed E-state index contributed by atoms with van der Waals surface area (Å²) in [6, 6.07) is 19.3. The van der Waals surface area contributed by atoms with E-state index in [2.05, 4.69) is 59.6 Å². The SMILES string of the molecule is CN(C)[C@H]1CCC2(C[C@H]1c1ccccc1)CN(c1cccc3cnccc13)C(=O)N2. The number of carbonyl (C=O) groups is 1. The van der Waals surface area contributed by atoms with Gasteiger partial charge in [0, 0.05) is 35.1 Å². The van der Waals surface area contributed by atoms with Crippen LogP contribution in [0, 0.1) is 0 Å². The van der Waals surface area contributed by atoms with E-state index in [4.69, 9.17) is 0 Å². The lowest BCUT2D eigenvalue weighted by Crippen LogP contribution is -2.52. The summed E-state index contributed by atoms with van der Waals surface area (Å²) >= 11 is 0.